The van der Waals surface area contributed by atoms with Crippen molar-refractivity contribution in [1.29, 1.82) is 0 Å². The predicted molar refractivity (Wildman–Crippen MR) is 184 cm³/mol. The van der Waals surface area contributed by atoms with Crippen molar-refractivity contribution in [2.24, 2.45) is 0 Å². The molecule has 20 heteroatoms. The van der Waals surface area contributed by atoms with Crippen molar-refractivity contribution in [2.45, 2.75) is 16.0 Å². The van der Waals surface area contributed by atoms with Gasteiger partial charge >= 0.3 is 6.18 Å². The van der Waals surface area contributed by atoms with Crippen molar-refractivity contribution in [1.82, 2.24) is 34.2 Å². The third-order valence-electron chi connectivity index (χ3n) is 6.67. The second-order valence-electron chi connectivity index (χ2n) is 10.2. The average molecular weight is 845 g/mol. The Morgan fingerprint density at radius 3 is 1.77 bits per heavy atom. The van der Waals surface area contributed by atoms with Gasteiger partial charge in [0.1, 0.15) is 19.5 Å². The largest absolute Gasteiger partial charge is 0.419 e. The van der Waals surface area contributed by atoms with E-state index in [1.807, 2.05) is 6.07 Å². The molecule has 0 saturated carbocycles. The van der Waals surface area contributed by atoms with E-state index in [2.05, 4.69) is 47.7 Å². The van der Waals surface area contributed by atoms with E-state index in [1.165, 1.54) is 58.0 Å². The average Bonchev–Trinajstić information content (AvgIpc) is 3.79. The van der Waals surface area contributed by atoms with Crippen LogP contribution >= 0.6 is 45.3 Å². The summed E-state index contributed by atoms with van der Waals surface area (Å²) in [5.41, 5.74) is 6.12. The van der Waals surface area contributed by atoms with E-state index in [-0.39, 0.29) is 10.5 Å². The van der Waals surface area contributed by atoms with Gasteiger partial charge in [-0.25, -0.2) is 36.3 Å². The van der Waals surface area contributed by atoms with Gasteiger partial charge in [0.15, 0.2) is 19.7 Å². The first-order valence-electron chi connectivity index (χ1n) is 13.3. The van der Waals surface area contributed by atoms with Gasteiger partial charge in [0.2, 0.25) is 9.92 Å². The molecule has 0 aliphatic carbocycles. The molecular formula is C28H20F3IN8O4S4. The molecule has 0 fully saturated rings. The van der Waals surface area contributed by atoms with Crippen molar-refractivity contribution >= 4 is 80.7 Å². The lowest BCUT2D eigenvalue weighted by Crippen LogP contribution is -2.10. The van der Waals surface area contributed by atoms with E-state index in [0.717, 1.165) is 31.6 Å². The number of hydrogen-bond donors (Lipinski definition) is 1. The molecule has 48 heavy (non-hydrogen) atoms. The number of nitrogens with two attached hydrogens (primary N) is 1. The maximum atomic E-state index is 13.1. The monoisotopic (exact) mass is 844 g/mol. The highest BCUT2D eigenvalue weighted by Crippen LogP contribution is 2.36. The number of hydrogen-bond acceptors (Lipinski definition) is 12. The molecular weight excluding hydrogens is 825 g/mol. The first-order valence-corrected chi connectivity index (χ1v) is 19.8. The molecule has 0 spiro atoms. The molecule has 2 aromatic carbocycles. The van der Waals surface area contributed by atoms with Crippen molar-refractivity contribution < 1.29 is 30.0 Å². The third kappa shape index (κ3) is 6.92. The fourth-order valence-electron chi connectivity index (χ4n) is 4.35. The molecule has 0 radical (unpaired) electrons. The van der Waals surface area contributed by atoms with Gasteiger partial charge in [-0.1, -0.05) is 46.9 Å². The van der Waals surface area contributed by atoms with Gasteiger partial charge in [0, 0.05) is 35.4 Å². The van der Waals surface area contributed by atoms with Crippen LogP contribution in [0, 0.1) is 3.70 Å². The van der Waals surface area contributed by atoms with Crippen molar-refractivity contribution in [3.8, 4) is 32.4 Å². The van der Waals surface area contributed by atoms with Crippen LogP contribution in [-0.2, 0) is 25.9 Å². The first-order chi connectivity index (χ1) is 22.5. The summed E-state index contributed by atoms with van der Waals surface area (Å²) in [6, 6.07) is 13.9. The summed E-state index contributed by atoms with van der Waals surface area (Å²) in [6.07, 6.45) is 2.02. The number of fused-ring (bicyclic) bond motifs is 2. The molecule has 0 amide bonds. The highest BCUT2D eigenvalue weighted by Gasteiger charge is 2.34. The van der Waals surface area contributed by atoms with Crippen LogP contribution in [0.4, 0.5) is 19.0 Å². The number of nitrogen functional groups attached to an aromatic ring is 1. The van der Waals surface area contributed by atoms with Gasteiger partial charge < -0.3 is 5.73 Å². The van der Waals surface area contributed by atoms with Crippen LogP contribution in [-0.4, -0.2) is 63.5 Å². The summed E-state index contributed by atoms with van der Waals surface area (Å²) < 4.78 is 90.1. The van der Waals surface area contributed by atoms with Gasteiger partial charge in [-0.15, -0.1) is 0 Å². The van der Waals surface area contributed by atoms with Crippen LogP contribution in [0.1, 0.15) is 5.56 Å². The number of rotatable bonds is 5. The van der Waals surface area contributed by atoms with Crippen molar-refractivity contribution in [3.63, 3.8) is 0 Å². The highest BCUT2D eigenvalue weighted by molar-refractivity contribution is 14.1. The molecule has 7 rings (SSSR count). The molecule has 0 atom stereocenters. The predicted octanol–water partition coefficient (Wildman–Crippen LogP) is 5.99. The summed E-state index contributed by atoms with van der Waals surface area (Å²) in [5, 5.41) is 10.1. The van der Waals surface area contributed by atoms with Gasteiger partial charge in [0.25, 0.3) is 0 Å². The standard InChI is InChI=1S/C17H12F3N5O2S2.C11H8IN3O2S2/c1-29(26,27)11-4-2-3-9(5-11)15-24-25-13(8-23-16(25)28-15)10-6-12(17(18,19)20)14(21)22-7-10;1-19(16,17)8-4-2-3-7(5-8)10-14-15-9(12)6-13-11(15)18-10/h2-8H,1H3,(H2,21,22);2-6H,1H3. The minimum atomic E-state index is -4.64. The molecule has 5 aromatic heterocycles. The Labute approximate surface area is 292 Å². The lowest BCUT2D eigenvalue weighted by atomic mass is 10.1. The Hall–Kier alpha value is -3.99. The van der Waals surface area contributed by atoms with Crippen molar-refractivity contribution in [3.05, 3.63) is 82.5 Å². The highest BCUT2D eigenvalue weighted by atomic mass is 127. The Morgan fingerprint density at radius 2 is 1.25 bits per heavy atom. The van der Waals surface area contributed by atoms with E-state index >= 15 is 0 Å². The maximum Gasteiger partial charge on any atom is 0.419 e. The Balaban J connectivity index is 0.000000182. The molecule has 0 unspecified atom stereocenters. The number of nitrogens with zero attached hydrogens (tertiary/aromatic N) is 7. The number of anilines is 1. The number of sulfone groups is 2. The summed E-state index contributed by atoms with van der Waals surface area (Å²) >= 11 is 4.76. The molecule has 0 saturated heterocycles. The molecule has 0 bridgehead atoms. The summed E-state index contributed by atoms with van der Waals surface area (Å²) in [7, 11) is -6.60. The van der Waals surface area contributed by atoms with E-state index in [4.69, 9.17) is 5.73 Å². The van der Waals surface area contributed by atoms with E-state index in [0.29, 0.717) is 26.1 Å². The normalized spacial score (nSPS) is 12.4. The lowest BCUT2D eigenvalue weighted by Gasteiger charge is -2.10. The first kappa shape index (κ1) is 33.9. The maximum absolute atomic E-state index is 13.1. The third-order valence-corrected chi connectivity index (χ3v) is 11.6. The second kappa shape index (κ2) is 12.5. The Kier molecular flexibility index (Phi) is 8.81. The quantitative estimate of drug-likeness (QED) is 0.203. The number of alkyl halides is 3. The van der Waals surface area contributed by atoms with Gasteiger partial charge in [-0.05, 0) is 52.9 Å². The number of pyridine rings is 1. The minimum Gasteiger partial charge on any atom is -0.383 e. The summed E-state index contributed by atoms with van der Waals surface area (Å²) in [5.74, 6) is -0.612. The van der Waals surface area contributed by atoms with Crippen LogP contribution in [0.3, 0.4) is 0 Å². The number of benzene rings is 2. The Morgan fingerprint density at radius 1 is 0.729 bits per heavy atom. The van der Waals surface area contributed by atoms with Crippen LogP contribution in [0.5, 0.6) is 0 Å². The molecule has 5 heterocycles. The van der Waals surface area contributed by atoms with Crippen LogP contribution in [0.15, 0.2) is 83.0 Å². The van der Waals surface area contributed by atoms with E-state index in [9.17, 15) is 30.0 Å². The molecule has 248 valence electrons. The molecule has 7 aromatic rings. The van der Waals surface area contributed by atoms with Crippen molar-refractivity contribution in [2.75, 3.05) is 18.2 Å². The number of aromatic nitrogens is 7. The fourth-order valence-corrected chi connectivity index (χ4v) is 8.07. The zero-order chi connectivity index (χ0) is 34.6. The minimum absolute atomic E-state index is 0.139. The summed E-state index contributed by atoms with van der Waals surface area (Å²) in [6.45, 7) is 0. The van der Waals surface area contributed by atoms with E-state index in [1.54, 1.807) is 41.0 Å². The van der Waals surface area contributed by atoms with Gasteiger partial charge in [0.05, 0.1) is 33.4 Å². The molecule has 2 N–H and O–H groups in total. The topological polar surface area (TPSA) is 168 Å². The van der Waals surface area contributed by atoms with E-state index < -0.39 is 37.2 Å². The molecule has 0 aliphatic rings. The molecule has 0 aliphatic heterocycles. The summed E-state index contributed by atoms with van der Waals surface area (Å²) in [4.78, 5) is 13.7. The Bertz CT molecular complexity index is 2560. The second-order valence-corrected chi connectivity index (χ2v) is 17.2. The van der Waals surface area contributed by atoms with Crippen LogP contribution in [0.25, 0.3) is 42.3 Å². The number of imidazole rings is 2. The van der Waals surface area contributed by atoms with Gasteiger partial charge in [-0.3, -0.25) is 0 Å². The van der Waals surface area contributed by atoms with Crippen LogP contribution in [0.2, 0.25) is 0 Å². The lowest BCUT2D eigenvalue weighted by molar-refractivity contribution is -0.137. The van der Waals surface area contributed by atoms with Gasteiger partial charge in [-0.2, -0.15) is 27.9 Å². The zero-order valence-corrected chi connectivity index (χ0v) is 29.8. The zero-order valence-electron chi connectivity index (χ0n) is 24.4. The van der Waals surface area contributed by atoms with Crippen LogP contribution < -0.4 is 5.73 Å². The number of halogens is 4. The SMILES string of the molecule is CS(=O)(=O)c1cccc(-c2nn3c(-c4cnc(N)c(C(F)(F)F)c4)cnc3s2)c1.CS(=O)(=O)c1cccc(-c2nn3c(I)cnc3s2)c1. The fraction of sp³-hybridized carbons (Fsp3) is 0.107. The molecule has 12 nitrogen and oxygen atoms in total. The smallest absolute Gasteiger partial charge is 0.383 e.